The summed E-state index contributed by atoms with van der Waals surface area (Å²) in [5.74, 6) is -1.96. The van der Waals surface area contributed by atoms with Crippen molar-refractivity contribution in [2.45, 2.75) is 70.9 Å². The van der Waals surface area contributed by atoms with Crippen molar-refractivity contribution in [1.82, 2.24) is 5.32 Å². The van der Waals surface area contributed by atoms with Crippen molar-refractivity contribution in [3.05, 3.63) is 34.9 Å². The average Bonchev–Trinajstić information content (AvgIpc) is 2.90. The lowest BCUT2D eigenvalue weighted by Crippen LogP contribution is -2.49. The van der Waals surface area contributed by atoms with Crippen LogP contribution >= 0.6 is 0 Å². The van der Waals surface area contributed by atoms with Crippen molar-refractivity contribution in [2.24, 2.45) is 0 Å². The maximum Gasteiger partial charge on any atom is 0.334 e. The van der Waals surface area contributed by atoms with Gasteiger partial charge in [-0.3, -0.25) is 14.0 Å². The molecule has 2 N–H and O–H groups in total. The van der Waals surface area contributed by atoms with E-state index in [2.05, 4.69) is 17.6 Å². The van der Waals surface area contributed by atoms with Gasteiger partial charge in [0.25, 0.3) is 5.91 Å². The summed E-state index contributed by atoms with van der Waals surface area (Å²) in [6.45, 7) is 2.83. The van der Waals surface area contributed by atoms with Gasteiger partial charge in [0.15, 0.2) is 11.8 Å². The lowest BCUT2D eigenvalue weighted by Gasteiger charge is -2.23. The van der Waals surface area contributed by atoms with E-state index in [0.29, 0.717) is 24.0 Å². The number of halogens is 1. The molecule has 2 amide bonds. The summed E-state index contributed by atoms with van der Waals surface area (Å²) < 4.78 is 29.2. The third kappa shape index (κ3) is 7.79. The molecule has 0 aromatic heterocycles. The molecule has 0 saturated carbocycles. The van der Waals surface area contributed by atoms with E-state index in [1.54, 1.807) is 12.1 Å². The molecule has 0 fully saturated rings. The Morgan fingerprint density at radius 3 is 2.64 bits per heavy atom. The largest absolute Gasteiger partial charge is 0.494 e. The van der Waals surface area contributed by atoms with Crippen LogP contribution in [0.3, 0.4) is 0 Å². The van der Waals surface area contributed by atoms with Crippen molar-refractivity contribution in [3.63, 3.8) is 0 Å². The van der Waals surface area contributed by atoms with E-state index in [1.165, 1.54) is 20.1 Å². The van der Waals surface area contributed by atoms with Gasteiger partial charge in [0.2, 0.25) is 6.41 Å². The minimum atomic E-state index is -1.30. The molecule has 2 atom stereocenters. The molecule has 36 heavy (non-hydrogen) atoms. The zero-order valence-corrected chi connectivity index (χ0v) is 21.1. The van der Waals surface area contributed by atoms with E-state index in [1.807, 2.05) is 0 Å². The van der Waals surface area contributed by atoms with Crippen molar-refractivity contribution in [2.75, 3.05) is 25.7 Å². The van der Waals surface area contributed by atoms with Gasteiger partial charge in [-0.25, -0.2) is 9.59 Å². The van der Waals surface area contributed by atoms with Crippen LogP contribution in [0.1, 0.15) is 69.2 Å². The van der Waals surface area contributed by atoms with Crippen LogP contribution in [0.4, 0.5) is 10.1 Å². The minimum absolute atomic E-state index is 0.0638. The SMILES string of the molecule is CCCCCC/C1=C(\CCCF)COC(=O)C(NC(=O)c2cccc(NC=O)c2OC)C(C)OC1=O. The number of esters is 2. The summed E-state index contributed by atoms with van der Waals surface area (Å²) in [7, 11) is 1.34. The number of carbonyl (C=O) groups excluding carboxylic acids is 4. The Labute approximate surface area is 210 Å². The van der Waals surface area contributed by atoms with Gasteiger partial charge in [0.05, 0.1) is 25.0 Å². The molecule has 9 nitrogen and oxygen atoms in total. The van der Waals surface area contributed by atoms with Crippen LogP contribution < -0.4 is 15.4 Å². The van der Waals surface area contributed by atoms with Gasteiger partial charge in [-0.1, -0.05) is 32.3 Å². The molecule has 0 saturated heterocycles. The number of alkyl halides is 1. The fourth-order valence-corrected chi connectivity index (χ4v) is 4.00. The topological polar surface area (TPSA) is 120 Å². The first-order chi connectivity index (χ1) is 17.4. The van der Waals surface area contributed by atoms with Crippen molar-refractivity contribution >= 4 is 29.9 Å². The number of amides is 2. The van der Waals surface area contributed by atoms with Crippen molar-refractivity contribution < 1.29 is 37.8 Å². The third-order valence-corrected chi connectivity index (χ3v) is 5.94. The molecule has 1 aromatic carbocycles. The summed E-state index contributed by atoms with van der Waals surface area (Å²) in [5.41, 5.74) is 1.27. The molecule has 1 aliphatic rings. The molecular weight excluding hydrogens is 471 g/mol. The van der Waals surface area contributed by atoms with Gasteiger partial charge in [-0.15, -0.1) is 0 Å². The first-order valence-corrected chi connectivity index (χ1v) is 12.2. The number of para-hydroxylation sites is 1. The fraction of sp³-hybridized carbons (Fsp3) is 0.538. The number of nitrogens with one attached hydrogen (secondary N) is 2. The van der Waals surface area contributed by atoms with Gasteiger partial charge < -0.3 is 24.8 Å². The number of cyclic esters (lactones) is 2. The Bertz CT molecular complexity index is 964. The Morgan fingerprint density at radius 1 is 1.19 bits per heavy atom. The fourth-order valence-electron chi connectivity index (χ4n) is 4.00. The highest BCUT2D eigenvalue weighted by Crippen LogP contribution is 2.29. The lowest BCUT2D eigenvalue weighted by atomic mass is 9.98. The van der Waals surface area contributed by atoms with Crippen LogP contribution in [0.5, 0.6) is 5.75 Å². The molecule has 1 aromatic rings. The molecule has 10 heteroatoms. The number of benzene rings is 1. The maximum absolute atomic E-state index is 13.1. The van der Waals surface area contributed by atoms with E-state index < -0.39 is 36.7 Å². The number of unbranched alkanes of at least 4 members (excludes halogenated alkanes) is 3. The van der Waals surface area contributed by atoms with Gasteiger partial charge >= 0.3 is 11.9 Å². The first kappa shape index (κ1) is 28.8. The molecule has 0 radical (unpaired) electrons. The van der Waals surface area contributed by atoms with Gasteiger partial charge in [0.1, 0.15) is 12.7 Å². The van der Waals surface area contributed by atoms with E-state index in [0.717, 1.165) is 25.7 Å². The number of ether oxygens (including phenoxy) is 3. The number of anilines is 1. The quantitative estimate of drug-likeness (QED) is 0.237. The zero-order valence-electron chi connectivity index (χ0n) is 21.1. The standard InChI is InChI=1S/C26H35FN2O7/c1-4-5-6-7-11-19-18(10-9-14-27)15-35-26(33)22(17(2)36-25(19)32)29-24(31)20-12-8-13-21(28-16-30)23(20)34-3/h8,12-13,16-17,22H,4-7,9-11,14-15H2,1-3H3,(H,28,30)(H,29,31)/b19-18-. The Morgan fingerprint density at radius 2 is 1.97 bits per heavy atom. The third-order valence-electron chi connectivity index (χ3n) is 5.94. The van der Waals surface area contributed by atoms with E-state index in [9.17, 15) is 23.6 Å². The highest BCUT2D eigenvalue weighted by atomic mass is 19.1. The van der Waals surface area contributed by atoms with Crippen LogP contribution in [-0.4, -0.2) is 56.8 Å². The summed E-state index contributed by atoms with van der Waals surface area (Å²) in [6, 6.07) is 3.26. The molecule has 0 spiro atoms. The maximum atomic E-state index is 13.1. The van der Waals surface area contributed by atoms with Crippen molar-refractivity contribution in [3.8, 4) is 5.75 Å². The highest BCUT2D eigenvalue weighted by Gasteiger charge is 2.35. The molecule has 2 rings (SSSR count). The predicted molar refractivity (Wildman–Crippen MR) is 131 cm³/mol. The van der Waals surface area contributed by atoms with E-state index in [4.69, 9.17) is 14.2 Å². The lowest BCUT2D eigenvalue weighted by molar-refractivity contribution is -0.153. The van der Waals surface area contributed by atoms with Crippen LogP contribution in [-0.2, 0) is 23.9 Å². The Hall–Kier alpha value is -3.43. The molecule has 2 unspecified atom stereocenters. The summed E-state index contributed by atoms with van der Waals surface area (Å²) >= 11 is 0. The molecule has 0 bridgehead atoms. The van der Waals surface area contributed by atoms with E-state index in [-0.39, 0.29) is 36.4 Å². The van der Waals surface area contributed by atoms with Crippen LogP contribution in [0.2, 0.25) is 0 Å². The molecule has 1 aliphatic heterocycles. The smallest absolute Gasteiger partial charge is 0.334 e. The van der Waals surface area contributed by atoms with Gasteiger partial charge in [0, 0.05) is 5.57 Å². The van der Waals surface area contributed by atoms with Crippen molar-refractivity contribution in [1.29, 1.82) is 0 Å². The monoisotopic (exact) mass is 506 g/mol. The summed E-state index contributed by atoms with van der Waals surface area (Å²) in [5, 5.41) is 5.01. The molecule has 0 aliphatic carbocycles. The molecule has 198 valence electrons. The van der Waals surface area contributed by atoms with E-state index >= 15 is 0 Å². The zero-order chi connectivity index (χ0) is 26.5. The summed E-state index contributed by atoms with van der Waals surface area (Å²) in [6.07, 6.45) is 4.05. The second-order valence-electron chi connectivity index (χ2n) is 8.50. The Balaban J connectivity index is 2.27. The number of hydrogen-bond acceptors (Lipinski definition) is 7. The van der Waals surface area contributed by atoms with Crippen LogP contribution in [0, 0.1) is 0 Å². The van der Waals surface area contributed by atoms with Crippen LogP contribution in [0.25, 0.3) is 0 Å². The van der Waals surface area contributed by atoms with Crippen LogP contribution in [0.15, 0.2) is 29.3 Å². The second kappa shape index (κ2) is 14.9. The van der Waals surface area contributed by atoms with Gasteiger partial charge in [-0.2, -0.15) is 0 Å². The number of carbonyl (C=O) groups is 4. The second-order valence-corrected chi connectivity index (χ2v) is 8.50. The highest BCUT2D eigenvalue weighted by molar-refractivity contribution is 6.01. The number of methoxy groups -OCH3 is 1. The number of rotatable bonds is 13. The normalized spacial score (nSPS) is 20.3. The Kier molecular flexibility index (Phi) is 11.9. The summed E-state index contributed by atoms with van der Waals surface area (Å²) in [4.78, 5) is 50.0. The number of hydrogen-bond donors (Lipinski definition) is 2. The van der Waals surface area contributed by atoms with Gasteiger partial charge in [-0.05, 0) is 50.3 Å². The average molecular weight is 507 g/mol. The molecule has 1 heterocycles. The predicted octanol–water partition coefficient (Wildman–Crippen LogP) is 3.87. The first-order valence-electron chi connectivity index (χ1n) is 12.2. The molecular formula is C26H35FN2O7. The minimum Gasteiger partial charge on any atom is -0.494 e.